The zero-order valence-electron chi connectivity index (χ0n) is 30.1. The van der Waals surface area contributed by atoms with E-state index in [2.05, 4.69) is 126 Å². The maximum absolute atomic E-state index is 6.69. The topological polar surface area (TPSA) is 65.0 Å². The highest BCUT2D eigenvalue weighted by Gasteiger charge is 2.19. The van der Waals surface area contributed by atoms with Crippen molar-refractivity contribution >= 4 is 43.9 Å². The molecule has 56 heavy (non-hydrogen) atoms. The number of hydrogen-bond acceptors (Lipinski definition) is 5. The van der Waals surface area contributed by atoms with E-state index in [9.17, 15) is 0 Å². The minimum absolute atomic E-state index is 0.678. The zero-order valence-corrected chi connectivity index (χ0v) is 30.1. The van der Waals surface area contributed by atoms with E-state index in [1.807, 2.05) is 67.0 Å². The highest BCUT2D eigenvalue weighted by atomic mass is 16.3. The molecule has 4 heterocycles. The zero-order chi connectivity index (χ0) is 37.0. The van der Waals surface area contributed by atoms with Crippen LogP contribution in [0.25, 0.3) is 111 Å². The van der Waals surface area contributed by atoms with Gasteiger partial charge < -0.3 is 8.83 Å². The van der Waals surface area contributed by atoms with E-state index in [-0.39, 0.29) is 0 Å². The maximum Gasteiger partial charge on any atom is 0.160 e. The molecule has 11 rings (SSSR count). The molecule has 262 valence electrons. The fourth-order valence-corrected chi connectivity index (χ4v) is 7.87. The molecule has 5 heteroatoms. The van der Waals surface area contributed by atoms with Crippen molar-refractivity contribution < 1.29 is 8.83 Å². The van der Waals surface area contributed by atoms with Crippen LogP contribution in [0.15, 0.2) is 197 Å². The summed E-state index contributed by atoms with van der Waals surface area (Å²) < 4.78 is 12.8. The molecule has 0 saturated heterocycles. The third-order valence-electron chi connectivity index (χ3n) is 10.6. The smallest absolute Gasteiger partial charge is 0.160 e. The van der Waals surface area contributed by atoms with Gasteiger partial charge in [-0.05, 0) is 82.4 Å². The largest absolute Gasteiger partial charge is 0.456 e. The van der Waals surface area contributed by atoms with Gasteiger partial charge in [-0.1, -0.05) is 121 Å². The molecule has 0 amide bonds. The molecule has 11 aromatic rings. The number of nitrogens with zero attached hydrogens (tertiary/aromatic N) is 3. The number of furan rings is 2. The fraction of sp³-hybridized carbons (Fsp3) is 0. The molecule has 7 aromatic carbocycles. The Morgan fingerprint density at radius 1 is 0.339 bits per heavy atom. The quantitative estimate of drug-likeness (QED) is 0.171. The molecule has 0 fully saturated rings. The molecule has 5 nitrogen and oxygen atoms in total. The summed E-state index contributed by atoms with van der Waals surface area (Å²) in [5, 5.41) is 4.39. The average molecular weight is 718 g/mol. The predicted octanol–water partition coefficient (Wildman–Crippen LogP) is 13.7. The average Bonchev–Trinajstić information content (AvgIpc) is 3.85. The standard InChI is InChI=1S/C51H31N3O2/c1-2-9-35(10-3-1)51-53-44(31-45(54-51)38-12-8-11-36(29-38)32-25-27-52-28-26-32)34-19-17-33(18-20-34)40-23-22-39(49-42-14-5-7-16-47(42)56-50(40)49)37-21-24-48-43(30-37)41-13-4-6-15-46(41)55-48/h1-31H. The lowest BCUT2D eigenvalue weighted by Gasteiger charge is -2.12. The molecule has 0 aliphatic rings. The summed E-state index contributed by atoms with van der Waals surface area (Å²) in [7, 11) is 0. The van der Waals surface area contributed by atoms with Crippen LogP contribution in [0.4, 0.5) is 0 Å². The van der Waals surface area contributed by atoms with E-state index in [4.69, 9.17) is 18.8 Å². The fourth-order valence-electron chi connectivity index (χ4n) is 7.87. The van der Waals surface area contributed by atoms with Gasteiger partial charge in [-0.15, -0.1) is 0 Å². The molecule has 0 aliphatic carbocycles. The number of fused-ring (bicyclic) bond motifs is 6. The van der Waals surface area contributed by atoms with Gasteiger partial charge in [-0.2, -0.15) is 0 Å². The Balaban J connectivity index is 1.02. The first kappa shape index (κ1) is 31.9. The second-order valence-electron chi connectivity index (χ2n) is 14.0. The highest BCUT2D eigenvalue weighted by Crippen LogP contribution is 2.43. The van der Waals surface area contributed by atoms with Crippen LogP contribution in [-0.4, -0.2) is 15.0 Å². The SMILES string of the molecule is c1ccc(-c2nc(-c3ccc(-c4ccc(-c5ccc6oc7ccccc7c6c5)c5c4oc4ccccc45)cc3)cc(-c3cccc(-c4ccncc4)c3)n2)cc1. The van der Waals surface area contributed by atoms with Crippen LogP contribution >= 0.6 is 0 Å². The van der Waals surface area contributed by atoms with E-state index in [1.165, 1.54) is 0 Å². The first-order chi connectivity index (χ1) is 27.7. The number of para-hydroxylation sites is 2. The van der Waals surface area contributed by atoms with Crippen LogP contribution in [0, 0.1) is 0 Å². The molecular weight excluding hydrogens is 687 g/mol. The number of rotatable bonds is 6. The summed E-state index contributed by atoms with van der Waals surface area (Å²) in [5.41, 5.74) is 14.7. The van der Waals surface area contributed by atoms with Crippen molar-refractivity contribution in [1.29, 1.82) is 0 Å². The van der Waals surface area contributed by atoms with Gasteiger partial charge in [0.25, 0.3) is 0 Å². The lowest BCUT2D eigenvalue weighted by atomic mass is 9.93. The Morgan fingerprint density at radius 2 is 0.964 bits per heavy atom. The van der Waals surface area contributed by atoms with Gasteiger partial charge in [0, 0.05) is 56.2 Å². The van der Waals surface area contributed by atoms with Crippen LogP contribution in [0.3, 0.4) is 0 Å². The van der Waals surface area contributed by atoms with E-state index in [0.29, 0.717) is 5.82 Å². The normalized spacial score (nSPS) is 11.6. The molecule has 0 aliphatic heterocycles. The minimum Gasteiger partial charge on any atom is -0.456 e. The van der Waals surface area contributed by atoms with Crippen LogP contribution < -0.4 is 0 Å². The number of pyridine rings is 1. The highest BCUT2D eigenvalue weighted by molar-refractivity contribution is 6.17. The van der Waals surface area contributed by atoms with Crippen molar-refractivity contribution in [2.75, 3.05) is 0 Å². The summed E-state index contributed by atoms with van der Waals surface area (Å²) in [4.78, 5) is 14.4. The van der Waals surface area contributed by atoms with Crippen LogP contribution in [0.1, 0.15) is 0 Å². The Kier molecular flexibility index (Phi) is 7.42. The summed E-state index contributed by atoms with van der Waals surface area (Å²) in [5.74, 6) is 0.678. The van der Waals surface area contributed by atoms with Crippen molar-refractivity contribution in [2.24, 2.45) is 0 Å². The monoisotopic (exact) mass is 717 g/mol. The Hall–Kier alpha value is -7.63. The molecule has 4 aromatic heterocycles. The van der Waals surface area contributed by atoms with Gasteiger partial charge in [0.15, 0.2) is 5.82 Å². The van der Waals surface area contributed by atoms with Gasteiger partial charge in [-0.25, -0.2) is 9.97 Å². The molecule has 0 saturated carbocycles. The van der Waals surface area contributed by atoms with Gasteiger partial charge in [-0.3, -0.25) is 4.98 Å². The first-order valence-electron chi connectivity index (χ1n) is 18.7. The van der Waals surface area contributed by atoms with E-state index in [0.717, 1.165) is 105 Å². The van der Waals surface area contributed by atoms with Gasteiger partial charge >= 0.3 is 0 Å². The van der Waals surface area contributed by atoms with Gasteiger partial charge in [0.1, 0.15) is 22.3 Å². The van der Waals surface area contributed by atoms with Gasteiger partial charge in [0.2, 0.25) is 0 Å². The summed E-state index contributed by atoms with van der Waals surface area (Å²) >= 11 is 0. The van der Waals surface area contributed by atoms with Crippen molar-refractivity contribution in [3.63, 3.8) is 0 Å². The predicted molar refractivity (Wildman–Crippen MR) is 227 cm³/mol. The molecule has 0 spiro atoms. The number of hydrogen-bond donors (Lipinski definition) is 0. The first-order valence-corrected chi connectivity index (χ1v) is 18.7. The third kappa shape index (κ3) is 5.45. The lowest BCUT2D eigenvalue weighted by molar-refractivity contribution is 0.669. The Bertz CT molecular complexity index is 3240. The van der Waals surface area contributed by atoms with E-state index in [1.54, 1.807) is 0 Å². The number of aromatic nitrogens is 3. The van der Waals surface area contributed by atoms with Crippen molar-refractivity contribution in [3.05, 3.63) is 188 Å². The Morgan fingerprint density at radius 3 is 1.79 bits per heavy atom. The molecule has 0 bridgehead atoms. The van der Waals surface area contributed by atoms with E-state index >= 15 is 0 Å². The Labute approximate surface area is 322 Å². The molecule has 0 radical (unpaired) electrons. The second-order valence-corrected chi connectivity index (χ2v) is 14.0. The third-order valence-corrected chi connectivity index (χ3v) is 10.6. The summed E-state index contributed by atoms with van der Waals surface area (Å²) in [6, 6.07) is 60.7. The van der Waals surface area contributed by atoms with Crippen LogP contribution in [0.2, 0.25) is 0 Å². The van der Waals surface area contributed by atoms with Crippen molar-refractivity contribution in [2.45, 2.75) is 0 Å². The molecular formula is C51H31N3O2. The summed E-state index contributed by atoms with van der Waals surface area (Å²) in [6.45, 7) is 0. The van der Waals surface area contributed by atoms with Crippen LogP contribution in [0.5, 0.6) is 0 Å². The minimum atomic E-state index is 0.678. The lowest BCUT2D eigenvalue weighted by Crippen LogP contribution is -1.96. The number of benzene rings is 7. The molecule has 0 N–H and O–H groups in total. The molecule has 0 atom stereocenters. The maximum atomic E-state index is 6.69. The van der Waals surface area contributed by atoms with Crippen molar-refractivity contribution in [1.82, 2.24) is 15.0 Å². The van der Waals surface area contributed by atoms with Gasteiger partial charge in [0.05, 0.1) is 11.4 Å². The second kappa shape index (κ2) is 13.0. The summed E-state index contributed by atoms with van der Waals surface area (Å²) in [6.07, 6.45) is 3.64. The van der Waals surface area contributed by atoms with Crippen LogP contribution in [-0.2, 0) is 0 Å². The molecule has 0 unspecified atom stereocenters. The van der Waals surface area contributed by atoms with Crippen molar-refractivity contribution in [3.8, 4) is 67.3 Å². The van der Waals surface area contributed by atoms with E-state index < -0.39 is 0 Å².